The zero-order valence-corrected chi connectivity index (χ0v) is 5.85. The Hall–Kier alpha value is -1.17. The average Bonchev–Trinajstić information content (AvgIpc) is 1.81. The van der Waals surface area contributed by atoms with E-state index in [0.29, 0.717) is 6.41 Å². The largest absolute Gasteiger partial charge is 0.391 e. The molecule has 6 heteroatoms. The molecule has 0 rings (SSSR count). The van der Waals surface area contributed by atoms with Crippen molar-refractivity contribution in [1.82, 2.24) is 5.32 Å². The average molecular weight is 161 g/mol. The van der Waals surface area contributed by atoms with Crippen LogP contribution in [-0.4, -0.2) is 23.3 Å². The van der Waals surface area contributed by atoms with Crippen LogP contribution < -0.4 is 16.8 Å². The molecule has 0 spiro atoms. The number of rotatable bonds is 4. The smallest absolute Gasteiger partial charge is 0.247 e. The number of hydrogen-bond donors (Lipinski definition) is 3. The number of carbonyl (C=O) groups excluding carboxylic acids is 2. The van der Waals surface area contributed by atoms with Gasteiger partial charge in [0, 0.05) is 0 Å². The first-order valence-electron chi connectivity index (χ1n) is 2.38. The molecule has 0 aliphatic rings. The zero-order valence-electron chi connectivity index (χ0n) is 5.03. The second-order valence-electron chi connectivity index (χ2n) is 1.52. The standard InChI is InChI=1S/C4H7N3O2S/c5-3(9)2(4(6)10)7-1-8/h1-2H,(H2,5,9)(H2,6,10)(H,7,8)/t2-/m1/s1. The lowest BCUT2D eigenvalue weighted by molar-refractivity contribution is -0.120. The molecule has 5 nitrogen and oxygen atoms in total. The molecule has 0 aromatic heterocycles. The van der Waals surface area contributed by atoms with E-state index in [1.165, 1.54) is 0 Å². The SMILES string of the molecule is NC(=O)[C@@H](NC=O)C(N)=S. The third-order valence-electron chi connectivity index (χ3n) is 0.804. The third kappa shape index (κ3) is 2.40. The predicted octanol–water partition coefficient (Wildman–Crippen LogP) is -2.13. The van der Waals surface area contributed by atoms with Crippen molar-refractivity contribution >= 4 is 29.5 Å². The highest BCUT2D eigenvalue weighted by atomic mass is 32.1. The Morgan fingerprint density at radius 2 is 2.10 bits per heavy atom. The monoisotopic (exact) mass is 161 g/mol. The summed E-state index contributed by atoms with van der Waals surface area (Å²) in [5, 5.41) is 2.06. The first kappa shape index (κ1) is 8.83. The molecule has 56 valence electrons. The predicted molar refractivity (Wildman–Crippen MR) is 39.0 cm³/mol. The molecule has 0 unspecified atom stereocenters. The second-order valence-corrected chi connectivity index (χ2v) is 1.99. The highest BCUT2D eigenvalue weighted by Crippen LogP contribution is 1.79. The topological polar surface area (TPSA) is 98.2 Å². The van der Waals surface area contributed by atoms with E-state index in [1.54, 1.807) is 0 Å². The van der Waals surface area contributed by atoms with Gasteiger partial charge in [0.05, 0.1) is 0 Å². The summed E-state index contributed by atoms with van der Waals surface area (Å²) in [5.41, 5.74) is 9.83. The van der Waals surface area contributed by atoms with Gasteiger partial charge in [-0.3, -0.25) is 9.59 Å². The molecule has 0 saturated heterocycles. The molecule has 0 aliphatic heterocycles. The first-order valence-corrected chi connectivity index (χ1v) is 2.78. The van der Waals surface area contributed by atoms with Gasteiger partial charge in [0.25, 0.3) is 0 Å². The summed E-state index contributed by atoms with van der Waals surface area (Å²) < 4.78 is 0. The van der Waals surface area contributed by atoms with Gasteiger partial charge in [0.15, 0.2) is 6.04 Å². The van der Waals surface area contributed by atoms with E-state index in [0.717, 1.165) is 0 Å². The number of nitrogens with two attached hydrogens (primary N) is 2. The van der Waals surface area contributed by atoms with Gasteiger partial charge < -0.3 is 16.8 Å². The maximum atomic E-state index is 10.4. The molecule has 2 amide bonds. The number of carbonyl (C=O) groups is 2. The summed E-state index contributed by atoms with van der Waals surface area (Å²) in [4.78, 5) is 20.0. The van der Waals surface area contributed by atoms with Crippen molar-refractivity contribution in [3.8, 4) is 0 Å². The van der Waals surface area contributed by atoms with Crippen molar-refractivity contribution in [3.05, 3.63) is 0 Å². The van der Waals surface area contributed by atoms with Crippen molar-refractivity contribution in [2.45, 2.75) is 6.04 Å². The maximum Gasteiger partial charge on any atom is 0.247 e. The molecule has 0 aliphatic carbocycles. The Morgan fingerprint density at radius 3 is 2.20 bits per heavy atom. The molecule has 0 aromatic rings. The van der Waals surface area contributed by atoms with Crippen LogP contribution >= 0.6 is 12.2 Å². The van der Waals surface area contributed by atoms with Gasteiger partial charge in [-0.1, -0.05) is 12.2 Å². The van der Waals surface area contributed by atoms with Crippen LogP contribution in [0.15, 0.2) is 0 Å². The highest BCUT2D eigenvalue weighted by Gasteiger charge is 2.15. The van der Waals surface area contributed by atoms with Crippen LogP contribution in [0, 0.1) is 0 Å². The molecule has 0 heterocycles. The van der Waals surface area contributed by atoms with E-state index in [9.17, 15) is 9.59 Å². The van der Waals surface area contributed by atoms with Gasteiger partial charge in [0.1, 0.15) is 4.99 Å². The summed E-state index contributed by atoms with van der Waals surface area (Å²) in [5.74, 6) is -0.764. The summed E-state index contributed by atoms with van der Waals surface area (Å²) >= 11 is 4.41. The van der Waals surface area contributed by atoms with Gasteiger partial charge in [-0.2, -0.15) is 0 Å². The fourth-order valence-corrected chi connectivity index (χ4v) is 0.557. The number of nitrogens with one attached hydrogen (secondary N) is 1. The molecule has 0 fully saturated rings. The van der Waals surface area contributed by atoms with Crippen molar-refractivity contribution < 1.29 is 9.59 Å². The van der Waals surface area contributed by atoms with Gasteiger partial charge in [-0.25, -0.2) is 0 Å². The summed E-state index contributed by atoms with van der Waals surface area (Å²) in [6, 6.07) is -1.03. The van der Waals surface area contributed by atoms with Crippen molar-refractivity contribution in [3.63, 3.8) is 0 Å². The van der Waals surface area contributed by atoms with Crippen LogP contribution in [0.4, 0.5) is 0 Å². The van der Waals surface area contributed by atoms with E-state index in [2.05, 4.69) is 17.5 Å². The number of thiocarbonyl (C=S) groups is 1. The fraction of sp³-hybridized carbons (Fsp3) is 0.250. The van der Waals surface area contributed by atoms with Crippen LogP contribution in [0.1, 0.15) is 0 Å². The van der Waals surface area contributed by atoms with E-state index in [-0.39, 0.29) is 4.99 Å². The Kier molecular flexibility index (Phi) is 3.34. The Morgan fingerprint density at radius 1 is 1.60 bits per heavy atom. The minimum atomic E-state index is -1.03. The summed E-state index contributed by atoms with van der Waals surface area (Å²) in [6.07, 6.45) is 0.314. The van der Waals surface area contributed by atoms with Gasteiger partial charge in [-0.15, -0.1) is 0 Å². The highest BCUT2D eigenvalue weighted by molar-refractivity contribution is 7.80. The fourth-order valence-electron chi connectivity index (χ4n) is 0.373. The maximum absolute atomic E-state index is 10.4. The second kappa shape index (κ2) is 3.78. The van der Waals surface area contributed by atoms with E-state index in [1.807, 2.05) is 0 Å². The molecule has 1 atom stereocenters. The van der Waals surface area contributed by atoms with Gasteiger partial charge >= 0.3 is 0 Å². The van der Waals surface area contributed by atoms with Gasteiger partial charge in [0.2, 0.25) is 12.3 Å². The summed E-state index contributed by atoms with van der Waals surface area (Å²) in [7, 11) is 0. The molecule has 0 aromatic carbocycles. The zero-order chi connectivity index (χ0) is 8.15. The number of hydrogen-bond acceptors (Lipinski definition) is 3. The first-order chi connectivity index (χ1) is 4.59. The quantitative estimate of drug-likeness (QED) is 0.324. The van der Waals surface area contributed by atoms with Crippen LogP contribution in [0.3, 0.4) is 0 Å². The Bertz CT molecular complexity index is 156. The lowest BCUT2D eigenvalue weighted by atomic mass is 10.3. The lowest BCUT2D eigenvalue weighted by Crippen LogP contribution is -2.48. The molecular weight excluding hydrogens is 154 g/mol. The molecule has 0 radical (unpaired) electrons. The van der Waals surface area contributed by atoms with E-state index < -0.39 is 11.9 Å². The molecule has 5 N–H and O–H groups in total. The van der Waals surface area contributed by atoms with Crippen LogP contribution in [0.2, 0.25) is 0 Å². The Balaban J connectivity index is 4.11. The molecular formula is C4H7N3O2S. The molecule has 0 bridgehead atoms. The third-order valence-corrected chi connectivity index (χ3v) is 1.04. The van der Waals surface area contributed by atoms with E-state index in [4.69, 9.17) is 11.5 Å². The van der Waals surface area contributed by atoms with Crippen molar-refractivity contribution in [2.75, 3.05) is 0 Å². The summed E-state index contributed by atoms with van der Waals surface area (Å²) in [6.45, 7) is 0. The van der Waals surface area contributed by atoms with Crippen molar-refractivity contribution in [2.24, 2.45) is 11.5 Å². The molecule has 0 saturated carbocycles. The Labute approximate surface area is 62.7 Å². The molecule has 10 heavy (non-hydrogen) atoms. The number of primary amides is 1. The van der Waals surface area contributed by atoms with Crippen LogP contribution in [0.25, 0.3) is 0 Å². The van der Waals surface area contributed by atoms with Crippen LogP contribution in [-0.2, 0) is 9.59 Å². The van der Waals surface area contributed by atoms with Crippen LogP contribution in [0.5, 0.6) is 0 Å². The van der Waals surface area contributed by atoms with Gasteiger partial charge in [-0.05, 0) is 0 Å². The minimum Gasteiger partial charge on any atom is -0.391 e. The lowest BCUT2D eigenvalue weighted by Gasteiger charge is -2.08. The van der Waals surface area contributed by atoms with E-state index >= 15 is 0 Å². The number of amides is 2. The normalized spacial score (nSPS) is 11.6. The van der Waals surface area contributed by atoms with Crippen molar-refractivity contribution in [1.29, 1.82) is 0 Å². The minimum absolute atomic E-state index is 0.139.